The van der Waals surface area contributed by atoms with Gasteiger partial charge < -0.3 is 14.4 Å². The number of carbonyl (C=O) groups is 2. The minimum atomic E-state index is -0.452. The first kappa shape index (κ1) is 13.0. The Bertz CT molecular complexity index is 248. The number of esters is 1. The summed E-state index contributed by atoms with van der Waals surface area (Å²) in [5.74, 6) is -0.628. The maximum absolute atomic E-state index is 11.7. The molecule has 0 radical (unpaired) electrons. The Morgan fingerprint density at radius 1 is 1.38 bits per heavy atom. The van der Waals surface area contributed by atoms with Gasteiger partial charge in [-0.2, -0.15) is 0 Å². The second-order valence-electron chi connectivity index (χ2n) is 3.83. The number of carbonyl (C=O) groups excluding carboxylic acids is 2. The van der Waals surface area contributed by atoms with Crippen LogP contribution in [0.15, 0.2) is 0 Å². The van der Waals surface area contributed by atoms with E-state index in [1.165, 1.54) is 0 Å². The third-order valence-corrected chi connectivity index (χ3v) is 2.73. The molecule has 0 saturated carbocycles. The summed E-state index contributed by atoms with van der Waals surface area (Å²) in [5.41, 5.74) is 0. The van der Waals surface area contributed by atoms with Crippen molar-refractivity contribution in [3.63, 3.8) is 0 Å². The van der Waals surface area contributed by atoms with Crippen molar-refractivity contribution in [1.82, 2.24) is 4.90 Å². The standard InChI is InChI=1S/C11H19NO4/c1-3-16-11(14)8-10(13)12(2)9-4-6-15-7-5-9/h9H,3-8H2,1-2H3. The molecule has 1 heterocycles. The predicted octanol–water partition coefficient (Wildman–Crippen LogP) is 0.577. The summed E-state index contributed by atoms with van der Waals surface area (Å²) in [6, 6.07) is 0.190. The summed E-state index contributed by atoms with van der Waals surface area (Å²) in [5, 5.41) is 0. The van der Waals surface area contributed by atoms with Crippen molar-refractivity contribution >= 4 is 11.9 Å². The van der Waals surface area contributed by atoms with Crippen LogP contribution in [0.1, 0.15) is 26.2 Å². The molecule has 0 aromatic carbocycles. The highest BCUT2D eigenvalue weighted by Crippen LogP contribution is 2.13. The molecule has 0 N–H and O–H groups in total. The lowest BCUT2D eigenvalue weighted by atomic mass is 10.1. The summed E-state index contributed by atoms with van der Waals surface area (Å²) < 4.78 is 9.96. The van der Waals surface area contributed by atoms with Crippen molar-refractivity contribution < 1.29 is 19.1 Å². The van der Waals surface area contributed by atoms with Gasteiger partial charge in [0.1, 0.15) is 6.42 Å². The van der Waals surface area contributed by atoms with Gasteiger partial charge in [-0.1, -0.05) is 0 Å². The number of amides is 1. The van der Waals surface area contributed by atoms with Crippen LogP contribution in [0.25, 0.3) is 0 Å². The van der Waals surface area contributed by atoms with Crippen LogP contribution in [0.3, 0.4) is 0 Å². The summed E-state index contributed by atoms with van der Waals surface area (Å²) >= 11 is 0. The molecule has 1 aliphatic heterocycles. The second kappa shape index (κ2) is 6.48. The summed E-state index contributed by atoms with van der Waals surface area (Å²) in [6.07, 6.45) is 1.51. The number of hydrogen-bond donors (Lipinski definition) is 0. The summed E-state index contributed by atoms with van der Waals surface area (Å²) in [4.78, 5) is 24.5. The molecule has 1 aliphatic rings. The smallest absolute Gasteiger partial charge is 0.315 e. The molecule has 0 aromatic rings. The fourth-order valence-electron chi connectivity index (χ4n) is 1.74. The van der Waals surface area contributed by atoms with E-state index in [2.05, 4.69) is 0 Å². The number of rotatable bonds is 4. The zero-order valence-electron chi connectivity index (χ0n) is 9.90. The van der Waals surface area contributed by atoms with Gasteiger partial charge in [0.05, 0.1) is 6.61 Å². The Balaban J connectivity index is 2.37. The lowest BCUT2D eigenvalue weighted by molar-refractivity contribution is -0.149. The SMILES string of the molecule is CCOC(=O)CC(=O)N(C)C1CCOCC1. The van der Waals surface area contributed by atoms with Gasteiger partial charge in [0, 0.05) is 26.3 Å². The highest BCUT2D eigenvalue weighted by atomic mass is 16.5. The first-order valence-corrected chi connectivity index (χ1v) is 5.64. The van der Waals surface area contributed by atoms with Crippen LogP contribution in [-0.2, 0) is 19.1 Å². The van der Waals surface area contributed by atoms with Crippen LogP contribution in [0.5, 0.6) is 0 Å². The molecule has 92 valence electrons. The van der Waals surface area contributed by atoms with E-state index in [9.17, 15) is 9.59 Å². The van der Waals surface area contributed by atoms with Gasteiger partial charge in [-0.3, -0.25) is 9.59 Å². The maximum atomic E-state index is 11.7. The van der Waals surface area contributed by atoms with Gasteiger partial charge in [0.25, 0.3) is 0 Å². The molecule has 1 rings (SSSR count). The topological polar surface area (TPSA) is 55.8 Å². The van der Waals surface area contributed by atoms with E-state index in [-0.39, 0.29) is 18.4 Å². The maximum Gasteiger partial charge on any atom is 0.315 e. The Morgan fingerprint density at radius 2 is 2.00 bits per heavy atom. The van der Waals surface area contributed by atoms with Crippen molar-refractivity contribution in [1.29, 1.82) is 0 Å². The average Bonchev–Trinajstić information content (AvgIpc) is 2.29. The Kier molecular flexibility index (Phi) is 5.25. The van der Waals surface area contributed by atoms with E-state index in [1.54, 1.807) is 18.9 Å². The molecule has 1 amide bonds. The van der Waals surface area contributed by atoms with E-state index in [4.69, 9.17) is 9.47 Å². The zero-order chi connectivity index (χ0) is 12.0. The lowest BCUT2D eigenvalue weighted by Crippen LogP contribution is -2.41. The van der Waals surface area contributed by atoms with E-state index in [1.807, 2.05) is 0 Å². The van der Waals surface area contributed by atoms with Gasteiger partial charge in [0.15, 0.2) is 0 Å². The third-order valence-electron chi connectivity index (χ3n) is 2.73. The van der Waals surface area contributed by atoms with E-state index < -0.39 is 5.97 Å². The van der Waals surface area contributed by atoms with Gasteiger partial charge in [-0.25, -0.2) is 0 Å². The van der Waals surface area contributed by atoms with Gasteiger partial charge in [0.2, 0.25) is 5.91 Å². The molecule has 0 spiro atoms. The third kappa shape index (κ3) is 3.81. The molecule has 0 bridgehead atoms. The monoisotopic (exact) mass is 229 g/mol. The lowest BCUT2D eigenvalue weighted by Gasteiger charge is -2.31. The van der Waals surface area contributed by atoms with Crippen LogP contribution in [-0.4, -0.2) is 49.7 Å². The Labute approximate surface area is 95.7 Å². The fourth-order valence-corrected chi connectivity index (χ4v) is 1.74. The van der Waals surface area contributed by atoms with Crippen LogP contribution >= 0.6 is 0 Å². The highest BCUT2D eigenvalue weighted by Gasteiger charge is 2.24. The van der Waals surface area contributed by atoms with E-state index in [0.717, 1.165) is 12.8 Å². The van der Waals surface area contributed by atoms with Crippen LogP contribution in [0.2, 0.25) is 0 Å². The van der Waals surface area contributed by atoms with E-state index in [0.29, 0.717) is 19.8 Å². The van der Waals surface area contributed by atoms with Crippen molar-refractivity contribution in [2.24, 2.45) is 0 Å². The molecular formula is C11H19NO4. The highest BCUT2D eigenvalue weighted by molar-refractivity contribution is 5.94. The van der Waals surface area contributed by atoms with Gasteiger partial charge in [-0.05, 0) is 19.8 Å². The molecule has 0 aliphatic carbocycles. The predicted molar refractivity (Wildman–Crippen MR) is 57.9 cm³/mol. The number of ether oxygens (including phenoxy) is 2. The summed E-state index contributed by atoms with van der Waals surface area (Å²) in [6.45, 7) is 3.40. The minimum Gasteiger partial charge on any atom is -0.466 e. The van der Waals surface area contributed by atoms with Crippen molar-refractivity contribution in [3.05, 3.63) is 0 Å². The van der Waals surface area contributed by atoms with Crippen LogP contribution in [0.4, 0.5) is 0 Å². The largest absolute Gasteiger partial charge is 0.466 e. The normalized spacial score (nSPS) is 16.9. The Hall–Kier alpha value is -1.10. The van der Waals surface area contributed by atoms with Crippen LogP contribution in [0, 0.1) is 0 Å². The zero-order valence-corrected chi connectivity index (χ0v) is 9.90. The quantitative estimate of drug-likeness (QED) is 0.522. The van der Waals surface area contributed by atoms with E-state index >= 15 is 0 Å². The molecule has 5 nitrogen and oxygen atoms in total. The molecule has 0 unspecified atom stereocenters. The first-order valence-electron chi connectivity index (χ1n) is 5.64. The molecule has 5 heteroatoms. The molecule has 1 fully saturated rings. The van der Waals surface area contributed by atoms with Crippen molar-refractivity contribution in [2.45, 2.75) is 32.2 Å². The summed E-state index contributed by atoms with van der Waals surface area (Å²) in [7, 11) is 1.73. The van der Waals surface area contributed by atoms with Gasteiger partial charge in [-0.15, -0.1) is 0 Å². The number of hydrogen-bond acceptors (Lipinski definition) is 4. The Morgan fingerprint density at radius 3 is 2.56 bits per heavy atom. The fraction of sp³-hybridized carbons (Fsp3) is 0.818. The molecular weight excluding hydrogens is 210 g/mol. The minimum absolute atomic E-state index is 0.165. The van der Waals surface area contributed by atoms with Crippen molar-refractivity contribution in [2.75, 3.05) is 26.9 Å². The number of nitrogens with zero attached hydrogens (tertiary/aromatic N) is 1. The van der Waals surface area contributed by atoms with Crippen LogP contribution < -0.4 is 0 Å². The molecule has 1 saturated heterocycles. The molecule has 0 aromatic heterocycles. The van der Waals surface area contributed by atoms with Crippen molar-refractivity contribution in [3.8, 4) is 0 Å². The second-order valence-corrected chi connectivity index (χ2v) is 3.83. The first-order chi connectivity index (χ1) is 7.65. The molecule has 16 heavy (non-hydrogen) atoms. The molecule has 0 atom stereocenters. The average molecular weight is 229 g/mol. The van der Waals surface area contributed by atoms with Gasteiger partial charge >= 0.3 is 5.97 Å².